The summed E-state index contributed by atoms with van der Waals surface area (Å²) >= 11 is 0. The molecule has 1 aromatic heterocycles. The molecule has 0 atom stereocenters. The number of carbonyl (C=O) groups excluding carboxylic acids is 2. The third-order valence-electron chi connectivity index (χ3n) is 3.62. The van der Waals surface area contributed by atoms with Crippen LogP contribution in [0, 0.1) is 0 Å². The number of aromatic nitrogens is 2. The van der Waals surface area contributed by atoms with Gasteiger partial charge in [0.2, 0.25) is 5.91 Å². The van der Waals surface area contributed by atoms with E-state index in [0.29, 0.717) is 18.0 Å². The summed E-state index contributed by atoms with van der Waals surface area (Å²) in [4.78, 5) is 26.1. The van der Waals surface area contributed by atoms with Crippen molar-refractivity contribution in [1.82, 2.24) is 15.1 Å². The van der Waals surface area contributed by atoms with Crippen LogP contribution in [-0.2, 0) is 9.59 Å². The van der Waals surface area contributed by atoms with Crippen molar-refractivity contribution < 1.29 is 19.1 Å². The number of hydrogen-bond donors (Lipinski definition) is 1. The highest BCUT2D eigenvalue weighted by Gasteiger charge is 2.20. The van der Waals surface area contributed by atoms with E-state index in [1.54, 1.807) is 30.3 Å². The van der Waals surface area contributed by atoms with E-state index in [-0.39, 0.29) is 31.0 Å². The molecule has 0 radical (unpaired) electrons. The number of nitrogens with zero attached hydrogens (tertiary/aromatic N) is 3. The van der Waals surface area contributed by atoms with Crippen molar-refractivity contribution in [1.29, 1.82) is 0 Å². The first-order chi connectivity index (χ1) is 13.0. The SMILES string of the molecule is CCOc1ccc(OCC(=O)N(CC(=O)Nc2ccnnc2)C(C)C)cc1. The van der Waals surface area contributed by atoms with Gasteiger partial charge in [-0.05, 0) is 51.1 Å². The third kappa shape index (κ3) is 6.58. The predicted molar refractivity (Wildman–Crippen MR) is 101 cm³/mol. The van der Waals surface area contributed by atoms with Gasteiger partial charge in [-0.2, -0.15) is 10.2 Å². The molecule has 8 nitrogen and oxygen atoms in total. The molecule has 144 valence electrons. The average Bonchev–Trinajstić information content (AvgIpc) is 2.66. The predicted octanol–water partition coefficient (Wildman–Crippen LogP) is 2.13. The van der Waals surface area contributed by atoms with Gasteiger partial charge in [-0.1, -0.05) is 0 Å². The van der Waals surface area contributed by atoms with Gasteiger partial charge in [-0.15, -0.1) is 0 Å². The Labute approximate surface area is 158 Å². The quantitative estimate of drug-likeness (QED) is 0.725. The van der Waals surface area contributed by atoms with Gasteiger partial charge in [-0.3, -0.25) is 9.59 Å². The Morgan fingerprint density at radius 1 is 1.07 bits per heavy atom. The molecular formula is C19H24N4O4. The Kier molecular flexibility index (Phi) is 7.54. The summed E-state index contributed by atoms with van der Waals surface area (Å²) in [5, 5.41) is 10.0. The minimum absolute atomic E-state index is 0.0779. The second kappa shape index (κ2) is 10.1. The summed E-state index contributed by atoms with van der Waals surface area (Å²) in [7, 11) is 0. The number of carbonyl (C=O) groups is 2. The minimum atomic E-state index is -0.314. The van der Waals surface area contributed by atoms with Crippen molar-refractivity contribution in [2.75, 3.05) is 25.1 Å². The first kappa shape index (κ1) is 20.2. The van der Waals surface area contributed by atoms with Crippen LogP contribution in [0.25, 0.3) is 0 Å². The van der Waals surface area contributed by atoms with E-state index in [1.165, 1.54) is 17.3 Å². The highest BCUT2D eigenvalue weighted by molar-refractivity contribution is 5.94. The van der Waals surface area contributed by atoms with Crippen molar-refractivity contribution in [2.24, 2.45) is 0 Å². The van der Waals surface area contributed by atoms with E-state index in [1.807, 2.05) is 20.8 Å². The Hall–Kier alpha value is -3.16. The molecule has 1 N–H and O–H groups in total. The second-order valence-electron chi connectivity index (χ2n) is 5.99. The highest BCUT2D eigenvalue weighted by Crippen LogP contribution is 2.17. The van der Waals surface area contributed by atoms with E-state index in [9.17, 15) is 9.59 Å². The minimum Gasteiger partial charge on any atom is -0.494 e. The molecule has 0 saturated carbocycles. The fraction of sp³-hybridized carbons (Fsp3) is 0.368. The van der Waals surface area contributed by atoms with Gasteiger partial charge in [0, 0.05) is 6.04 Å². The van der Waals surface area contributed by atoms with Crippen LogP contribution in [-0.4, -0.2) is 52.7 Å². The van der Waals surface area contributed by atoms with E-state index in [4.69, 9.17) is 9.47 Å². The van der Waals surface area contributed by atoms with Crippen LogP contribution in [0.5, 0.6) is 11.5 Å². The summed E-state index contributed by atoms with van der Waals surface area (Å²) in [5.41, 5.74) is 0.525. The number of benzene rings is 1. The van der Waals surface area contributed by atoms with Crippen LogP contribution in [0.15, 0.2) is 42.7 Å². The maximum Gasteiger partial charge on any atom is 0.261 e. The molecule has 27 heavy (non-hydrogen) atoms. The molecule has 0 aliphatic rings. The number of rotatable bonds is 9. The number of hydrogen-bond acceptors (Lipinski definition) is 6. The molecule has 2 aromatic rings. The average molecular weight is 372 g/mol. The maximum absolute atomic E-state index is 12.5. The lowest BCUT2D eigenvalue weighted by Gasteiger charge is -2.26. The summed E-state index contributed by atoms with van der Waals surface area (Å²) in [6, 6.07) is 8.51. The zero-order valence-corrected chi connectivity index (χ0v) is 15.7. The van der Waals surface area contributed by atoms with Crippen LogP contribution in [0.2, 0.25) is 0 Å². The fourth-order valence-corrected chi connectivity index (χ4v) is 2.31. The number of anilines is 1. The van der Waals surface area contributed by atoms with E-state index >= 15 is 0 Å². The second-order valence-corrected chi connectivity index (χ2v) is 5.99. The molecule has 0 saturated heterocycles. The summed E-state index contributed by atoms with van der Waals surface area (Å²) in [5.74, 6) is 0.707. The van der Waals surface area contributed by atoms with Gasteiger partial charge in [0.05, 0.1) is 24.7 Å². The fourth-order valence-electron chi connectivity index (χ4n) is 2.31. The Morgan fingerprint density at radius 2 is 1.74 bits per heavy atom. The zero-order valence-electron chi connectivity index (χ0n) is 15.7. The van der Waals surface area contributed by atoms with E-state index in [0.717, 1.165) is 5.75 Å². The van der Waals surface area contributed by atoms with E-state index < -0.39 is 0 Å². The number of ether oxygens (including phenoxy) is 2. The van der Waals surface area contributed by atoms with Crippen molar-refractivity contribution >= 4 is 17.5 Å². The Morgan fingerprint density at radius 3 is 2.30 bits per heavy atom. The van der Waals surface area contributed by atoms with Crippen LogP contribution in [0.3, 0.4) is 0 Å². The van der Waals surface area contributed by atoms with Crippen LogP contribution < -0.4 is 14.8 Å². The van der Waals surface area contributed by atoms with Crippen molar-refractivity contribution in [3.8, 4) is 11.5 Å². The maximum atomic E-state index is 12.5. The van der Waals surface area contributed by atoms with Crippen LogP contribution in [0.1, 0.15) is 20.8 Å². The molecule has 1 aromatic carbocycles. The molecule has 2 rings (SSSR count). The van der Waals surface area contributed by atoms with Crippen molar-refractivity contribution in [3.05, 3.63) is 42.7 Å². The lowest BCUT2D eigenvalue weighted by molar-refractivity contribution is -0.138. The number of nitrogens with one attached hydrogen (secondary N) is 1. The smallest absolute Gasteiger partial charge is 0.261 e. The molecule has 0 bridgehead atoms. The molecule has 0 aliphatic carbocycles. The number of amides is 2. The van der Waals surface area contributed by atoms with Gasteiger partial charge in [0.1, 0.15) is 18.0 Å². The van der Waals surface area contributed by atoms with Crippen LogP contribution >= 0.6 is 0 Å². The normalized spacial score (nSPS) is 10.4. The van der Waals surface area contributed by atoms with Gasteiger partial charge >= 0.3 is 0 Å². The molecule has 8 heteroatoms. The van der Waals surface area contributed by atoms with Gasteiger partial charge < -0.3 is 19.7 Å². The first-order valence-corrected chi connectivity index (χ1v) is 8.71. The first-order valence-electron chi connectivity index (χ1n) is 8.71. The van der Waals surface area contributed by atoms with Gasteiger partial charge in [0.25, 0.3) is 5.91 Å². The van der Waals surface area contributed by atoms with Crippen molar-refractivity contribution in [2.45, 2.75) is 26.8 Å². The van der Waals surface area contributed by atoms with Crippen molar-refractivity contribution in [3.63, 3.8) is 0 Å². The summed E-state index contributed by atoms with van der Waals surface area (Å²) in [6.45, 7) is 5.94. The van der Waals surface area contributed by atoms with Crippen LogP contribution in [0.4, 0.5) is 5.69 Å². The monoisotopic (exact) mass is 372 g/mol. The molecule has 0 spiro atoms. The Bertz CT molecular complexity index is 735. The zero-order chi connectivity index (χ0) is 19.6. The molecule has 0 fully saturated rings. The lowest BCUT2D eigenvalue weighted by Crippen LogP contribution is -2.44. The van der Waals surface area contributed by atoms with Gasteiger partial charge in [0.15, 0.2) is 6.61 Å². The highest BCUT2D eigenvalue weighted by atomic mass is 16.5. The standard InChI is InChI=1S/C19H24N4O4/c1-4-26-16-5-7-17(8-6-16)27-13-19(25)23(14(2)3)12-18(24)22-15-9-10-20-21-11-15/h5-11,14H,4,12-13H2,1-3H3,(H,20,22,24). The molecule has 0 unspecified atom stereocenters. The topological polar surface area (TPSA) is 93.7 Å². The van der Waals surface area contributed by atoms with Gasteiger partial charge in [-0.25, -0.2) is 0 Å². The largest absolute Gasteiger partial charge is 0.494 e. The molecule has 2 amide bonds. The molecule has 1 heterocycles. The Balaban J connectivity index is 1.89. The molecule has 0 aliphatic heterocycles. The third-order valence-corrected chi connectivity index (χ3v) is 3.62. The summed E-state index contributed by atoms with van der Waals surface area (Å²) < 4.78 is 10.9. The molecular weight excluding hydrogens is 348 g/mol. The van der Waals surface area contributed by atoms with E-state index in [2.05, 4.69) is 15.5 Å². The summed E-state index contributed by atoms with van der Waals surface area (Å²) in [6.07, 6.45) is 2.92. The lowest BCUT2D eigenvalue weighted by atomic mass is 10.3.